The molecular weight excluding hydrogens is 366 g/mol. The van der Waals surface area contributed by atoms with Gasteiger partial charge in [0.2, 0.25) is 5.91 Å². The van der Waals surface area contributed by atoms with Crippen LogP contribution in [0, 0.1) is 0 Å². The third-order valence-electron chi connectivity index (χ3n) is 5.93. The predicted molar refractivity (Wildman–Crippen MR) is 116 cm³/mol. The van der Waals surface area contributed by atoms with Gasteiger partial charge in [0.15, 0.2) is 5.96 Å². The molecule has 29 heavy (non-hydrogen) atoms. The van der Waals surface area contributed by atoms with Crippen LogP contribution in [-0.4, -0.2) is 85.0 Å². The second-order valence-corrected chi connectivity index (χ2v) is 8.19. The quantitative estimate of drug-likeness (QED) is 0.559. The smallest absolute Gasteiger partial charge is 0.236 e. The lowest BCUT2D eigenvalue weighted by atomic mass is 10.1. The van der Waals surface area contributed by atoms with Gasteiger partial charge in [-0.15, -0.1) is 0 Å². The molecule has 1 N–H and O–H groups in total. The Labute approximate surface area is 175 Å². The number of nitrogens with zero attached hydrogens (tertiary/aromatic N) is 4. The highest BCUT2D eigenvalue weighted by Gasteiger charge is 2.24. The molecule has 2 aliphatic heterocycles. The van der Waals surface area contributed by atoms with Crippen molar-refractivity contribution in [3.05, 3.63) is 24.2 Å². The van der Waals surface area contributed by atoms with Crippen molar-refractivity contribution >= 4 is 11.9 Å². The summed E-state index contributed by atoms with van der Waals surface area (Å²) in [4.78, 5) is 24.1. The number of carbonyl (C=O) groups is 1. The molecule has 0 aliphatic carbocycles. The normalized spacial score (nSPS) is 20.0. The largest absolute Gasteiger partial charge is 0.469 e. The van der Waals surface area contributed by atoms with Gasteiger partial charge in [-0.05, 0) is 44.7 Å². The van der Waals surface area contributed by atoms with E-state index in [9.17, 15) is 4.79 Å². The maximum Gasteiger partial charge on any atom is 0.236 e. The molecule has 1 unspecified atom stereocenters. The molecule has 2 fully saturated rings. The van der Waals surface area contributed by atoms with Gasteiger partial charge in [-0.25, -0.2) is 0 Å². The zero-order chi connectivity index (χ0) is 20.5. The highest BCUT2D eigenvalue weighted by molar-refractivity contribution is 5.80. The van der Waals surface area contributed by atoms with Crippen molar-refractivity contribution in [2.45, 2.75) is 52.0 Å². The van der Waals surface area contributed by atoms with E-state index in [1.165, 1.54) is 6.42 Å². The van der Waals surface area contributed by atoms with E-state index in [1.807, 2.05) is 17.0 Å². The molecule has 1 aromatic rings. The van der Waals surface area contributed by atoms with Crippen LogP contribution < -0.4 is 5.32 Å². The molecule has 1 atom stereocenters. The van der Waals surface area contributed by atoms with Crippen molar-refractivity contribution in [3.63, 3.8) is 0 Å². The van der Waals surface area contributed by atoms with Crippen LogP contribution in [0.3, 0.4) is 0 Å². The second-order valence-electron chi connectivity index (χ2n) is 8.19. The molecule has 3 rings (SSSR count). The molecule has 1 aromatic heterocycles. The van der Waals surface area contributed by atoms with E-state index in [1.54, 1.807) is 6.26 Å². The van der Waals surface area contributed by atoms with Gasteiger partial charge in [-0.2, -0.15) is 0 Å². The Bertz CT molecular complexity index is 632. The van der Waals surface area contributed by atoms with Crippen molar-refractivity contribution in [2.24, 2.45) is 4.99 Å². The number of likely N-dealkylation sites (tertiary alicyclic amines) is 1. The van der Waals surface area contributed by atoms with E-state index in [0.29, 0.717) is 25.0 Å². The summed E-state index contributed by atoms with van der Waals surface area (Å²) in [6, 6.07) is 4.30. The van der Waals surface area contributed by atoms with Crippen molar-refractivity contribution in [2.75, 3.05) is 52.4 Å². The number of hydrogen-bond donors (Lipinski definition) is 1. The van der Waals surface area contributed by atoms with Gasteiger partial charge in [0.1, 0.15) is 5.76 Å². The summed E-state index contributed by atoms with van der Waals surface area (Å²) in [5.74, 6) is 2.24. The summed E-state index contributed by atoms with van der Waals surface area (Å²) >= 11 is 0. The van der Waals surface area contributed by atoms with Crippen LogP contribution in [0.5, 0.6) is 0 Å². The Hall–Kier alpha value is -2.02. The molecule has 0 spiro atoms. The average molecular weight is 404 g/mol. The van der Waals surface area contributed by atoms with Gasteiger partial charge in [-0.3, -0.25) is 14.7 Å². The minimum Gasteiger partial charge on any atom is -0.469 e. The van der Waals surface area contributed by atoms with E-state index >= 15 is 0 Å². The molecule has 3 heterocycles. The summed E-state index contributed by atoms with van der Waals surface area (Å²) in [6.45, 7) is 11.1. The lowest BCUT2D eigenvalue weighted by Crippen LogP contribution is -2.55. The van der Waals surface area contributed by atoms with Crippen LogP contribution in [0.2, 0.25) is 0 Å². The van der Waals surface area contributed by atoms with Crippen LogP contribution in [0.25, 0.3) is 0 Å². The third-order valence-corrected chi connectivity index (χ3v) is 5.93. The first kappa shape index (κ1) is 21.7. The Kier molecular flexibility index (Phi) is 8.40. The van der Waals surface area contributed by atoms with E-state index in [0.717, 1.165) is 76.7 Å². The number of piperidine rings is 1. The zero-order valence-electron chi connectivity index (χ0n) is 18.1. The fraction of sp³-hybridized carbons (Fsp3) is 0.727. The molecule has 0 radical (unpaired) electrons. The lowest BCUT2D eigenvalue weighted by Gasteiger charge is -2.38. The number of guanidine groups is 1. The minimum absolute atomic E-state index is 0.295. The lowest BCUT2D eigenvalue weighted by molar-refractivity contribution is -0.133. The highest BCUT2D eigenvalue weighted by Crippen LogP contribution is 2.10. The number of carbonyl (C=O) groups excluding carboxylic acids is 1. The topological polar surface area (TPSA) is 64.3 Å². The molecule has 1 amide bonds. The van der Waals surface area contributed by atoms with E-state index in [4.69, 9.17) is 9.41 Å². The summed E-state index contributed by atoms with van der Waals surface area (Å²) in [5, 5.41) is 3.58. The maximum absolute atomic E-state index is 12.5. The molecule has 7 heteroatoms. The molecular formula is C22H37N5O2. The number of aliphatic imine (C=N–C) groups is 1. The number of hydrogen-bond acceptors (Lipinski definition) is 4. The Morgan fingerprint density at radius 3 is 2.55 bits per heavy atom. The second kappa shape index (κ2) is 11.2. The van der Waals surface area contributed by atoms with Gasteiger partial charge >= 0.3 is 0 Å². The fourth-order valence-corrected chi connectivity index (χ4v) is 3.84. The van der Waals surface area contributed by atoms with Crippen LogP contribution in [0.15, 0.2) is 27.8 Å². The fourth-order valence-electron chi connectivity index (χ4n) is 3.84. The summed E-state index contributed by atoms with van der Waals surface area (Å²) in [5.41, 5.74) is 0. The van der Waals surface area contributed by atoms with Gasteiger partial charge < -0.3 is 19.5 Å². The van der Waals surface area contributed by atoms with Crippen molar-refractivity contribution in [1.82, 2.24) is 20.0 Å². The molecule has 2 aliphatic rings. The number of rotatable bonds is 7. The molecule has 0 aromatic carbocycles. The van der Waals surface area contributed by atoms with Gasteiger partial charge in [0, 0.05) is 58.3 Å². The van der Waals surface area contributed by atoms with E-state index in [2.05, 4.69) is 29.0 Å². The SMILES string of the molecule is CCC(C)NC(=NCCc1ccco1)N1CCN(CC(=O)N2CCCCC2)CC1. The number of piperazine rings is 1. The van der Waals surface area contributed by atoms with Gasteiger partial charge in [-0.1, -0.05) is 6.92 Å². The summed E-state index contributed by atoms with van der Waals surface area (Å²) < 4.78 is 5.42. The van der Waals surface area contributed by atoms with Crippen molar-refractivity contribution in [1.29, 1.82) is 0 Å². The first-order chi connectivity index (χ1) is 14.2. The number of amides is 1. The van der Waals surface area contributed by atoms with Crippen LogP contribution in [0.1, 0.15) is 45.3 Å². The molecule has 0 bridgehead atoms. The molecule has 0 saturated carbocycles. The third kappa shape index (κ3) is 6.77. The zero-order valence-corrected chi connectivity index (χ0v) is 18.1. The minimum atomic E-state index is 0.295. The Morgan fingerprint density at radius 2 is 1.90 bits per heavy atom. The number of furan rings is 1. The summed E-state index contributed by atoms with van der Waals surface area (Å²) in [6.07, 6.45) is 7.14. The van der Waals surface area contributed by atoms with Gasteiger partial charge in [0.05, 0.1) is 12.8 Å². The predicted octanol–water partition coefficient (Wildman–Crippen LogP) is 2.20. The standard InChI is InChI=1S/C22H37N5O2/c1-3-19(2)24-22(23-10-9-20-8-7-17-29-20)27-15-13-25(14-16-27)18-21(28)26-11-5-4-6-12-26/h7-8,17,19H,3-6,9-16,18H2,1-2H3,(H,23,24). The maximum atomic E-state index is 12.5. The van der Waals surface area contributed by atoms with Crippen LogP contribution >= 0.6 is 0 Å². The van der Waals surface area contributed by atoms with Crippen molar-refractivity contribution < 1.29 is 9.21 Å². The monoisotopic (exact) mass is 403 g/mol. The summed E-state index contributed by atoms with van der Waals surface area (Å²) in [7, 11) is 0. The van der Waals surface area contributed by atoms with E-state index in [-0.39, 0.29) is 0 Å². The van der Waals surface area contributed by atoms with Crippen LogP contribution in [-0.2, 0) is 11.2 Å². The van der Waals surface area contributed by atoms with E-state index < -0.39 is 0 Å². The Balaban J connectivity index is 1.49. The Morgan fingerprint density at radius 1 is 1.14 bits per heavy atom. The first-order valence-electron chi connectivity index (χ1n) is 11.2. The highest BCUT2D eigenvalue weighted by atomic mass is 16.3. The average Bonchev–Trinajstić information content (AvgIpc) is 3.27. The molecule has 2 saturated heterocycles. The molecule has 162 valence electrons. The van der Waals surface area contributed by atoms with Gasteiger partial charge in [0.25, 0.3) is 0 Å². The number of nitrogens with one attached hydrogen (secondary N) is 1. The van der Waals surface area contributed by atoms with Crippen molar-refractivity contribution in [3.8, 4) is 0 Å². The molecule has 7 nitrogen and oxygen atoms in total. The van der Waals surface area contributed by atoms with Crippen LogP contribution in [0.4, 0.5) is 0 Å². The first-order valence-corrected chi connectivity index (χ1v) is 11.2.